The Bertz CT molecular complexity index is 754. The van der Waals surface area contributed by atoms with Crippen molar-refractivity contribution in [3.8, 4) is 0 Å². The lowest BCUT2D eigenvalue weighted by Gasteiger charge is -2.33. The minimum absolute atomic E-state index is 0.779. The number of likely N-dealkylation sites (N-methyl/N-ethyl adjacent to an activating group) is 1. The third kappa shape index (κ3) is 3.60. The average Bonchev–Trinajstić information content (AvgIpc) is 2.68. The van der Waals surface area contributed by atoms with Crippen LogP contribution in [0, 0.1) is 0 Å². The van der Waals surface area contributed by atoms with E-state index in [1.807, 2.05) is 0 Å². The molecular weight excluding hydrogens is 324 g/mol. The molecule has 26 heavy (non-hydrogen) atoms. The maximum atomic E-state index is 4.52. The van der Waals surface area contributed by atoms with E-state index in [4.69, 9.17) is 0 Å². The Kier molecular flexibility index (Phi) is 4.93. The van der Waals surface area contributed by atoms with Crippen molar-refractivity contribution in [3.05, 3.63) is 41.9 Å². The van der Waals surface area contributed by atoms with Gasteiger partial charge in [-0.2, -0.15) is 0 Å². The van der Waals surface area contributed by atoms with Gasteiger partial charge in [0.05, 0.1) is 23.6 Å². The van der Waals surface area contributed by atoms with Crippen LogP contribution in [0.3, 0.4) is 0 Å². The first-order chi connectivity index (χ1) is 12.7. The highest BCUT2D eigenvalue weighted by Gasteiger charge is 2.18. The van der Waals surface area contributed by atoms with Crippen molar-refractivity contribution in [2.75, 3.05) is 61.9 Å². The Hall–Kier alpha value is -2.34. The van der Waals surface area contributed by atoms with Gasteiger partial charge in [0.25, 0.3) is 0 Å². The van der Waals surface area contributed by atoms with Crippen molar-refractivity contribution in [3.63, 3.8) is 0 Å². The number of piperazine rings is 1. The van der Waals surface area contributed by atoms with Crippen LogP contribution in [0.15, 0.2) is 30.6 Å². The minimum atomic E-state index is 0.779. The van der Waals surface area contributed by atoms with E-state index in [1.165, 1.54) is 23.4 Å². The summed E-state index contributed by atoms with van der Waals surface area (Å²) in [6.07, 6.45) is 4.07. The molecule has 0 radical (unpaired) electrons. The largest absolute Gasteiger partial charge is 0.383 e. The molecular formula is C20H28N6. The van der Waals surface area contributed by atoms with Crippen LogP contribution in [-0.2, 0) is 13.0 Å². The molecule has 2 aromatic rings. The van der Waals surface area contributed by atoms with Crippen molar-refractivity contribution in [2.24, 2.45) is 0 Å². The van der Waals surface area contributed by atoms with Crippen LogP contribution in [-0.4, -0.2) is 61.7 Å². The van der Waals surface area contributed by atoms with E-state index in [-0.39, 0.29) is 0 Å². The monoisotopic (exact) mass is 352 g/mol. The van der Waals surface area contributed by atoms with Gasteiger partial charge in [-0.25, -0.2) is 9.97 Å². The van der Waals surface area contributed by atoms with Gasteiger partial charge in [-0.15, -0.1) is 0 Å². The number of rotatable bonds is 4. The minimum Gasteiger partial charge on any atom is -0.383 e. The third-order valence-electron chi connectivity index (χ3n) is 5.40. The Morgan fingerprint density at radius 1 is 1.15 bits per heavy atom. The topological polar surface area (TPSA) is 47.5 Å². The second kappa shape index (κ2) is 7.50. The average molecular weight is 352 g/mol. The van der Waals surface area contributed by atoms with Gasteiger partial charge in [0.1, 0.15) is 12.1 Å². The zero-order chi connectivity index (χ0) is 17.9. The van der Waals surface area contributed by atoms with Gasteiger partial charge < -0.3 is 20.0 Å². The molecule has 2 aliphatic rings. The predicted molar refractivity (Wildman–Crippen MR) is 107 cm³/mol. The zero-order valence-corrected chi connectivity index (χ0v) is 15.8. The first kappa shape index (κ1) is 17.1. The maximum absolute atomic E-state index is 4.52. The molecule has 1 aromatic heterocycles. The molecule has 1 saturated heterocycles. The molecule has 4 rings (SSSR count). The molecule has 0 atom stereocenters. The van der Waals surface area contributed by atoms with E-state index < -0.39 is 0 Å². The molecule has 0 saturated carbocycles. The highest BCUT2D eigenvalue weighted by atomic mass is 15.3. The van der Waals surface area contributed by atoms with Crippen molar-refractivity contribution >= 4 is 17.2 Å². The summed E-state index contributed by atoms with van der Waals surface area (Å²) in [6.45, 7) is 6.06. The Labute approximate surface area is 155 Å². The molecule has 1 aromatic carbocycles. The van der Waals surface area contributed by atoms with E-state index in [0.717, 1.165) is 57.2 Å². The lowest BCUT2D eigenvalue weighted by atomic mass is 10.0. The lowest BCUT2D eigenvalue weighted by Crippen LogP contribution is -2.44. The smallest absolute Gasteiger partial charge is 0.132 e. The predicted octanol–water partition coefficient (Wildman–Crippen LogP) is 2.22. The summed E-state index contributed by atoms with van der Waals surface area (Å²) in [5, 5.41) is 3.58. The molecule has 0 spiro atoms. The van der Waals surface area contributed by atoms with Crippen LogP contribution >= 0.6 is 0 Å². The van der Waals surface area contributed by atoms with Gasteiger partial charge in [-0.05, 0) is 31.5 Å². The number of hydrogen-bond acceptors (Lipinski definition) is 6. The number of para-hydroxylation sites is 1. The molecule has 1 fully saturated rings. The number of aromatic nitrogens is 2. The number of anilines is 3. The molecule has 0 aliphatic carbocycles. The molecule has 1 N–H and O–H groups in total. The Morgan fingerprint density at radius 3 is 2.85 bits per heavy atom. The number of benzene rings is 1. The molecule has 2 aliphatic heterocycles. The van der Waals surface area contributed by atoms with Gasteiger partial charge in [0.2, 0.25) is 0 Å². The van der Waals surface area contributed by atoms with Gasteiger partial charge in [-0.3, -0.25) is 0 Å². The first-order valence-corrected chi connectivity index (χ1v) is 9.52. The fraction of sp³-hybridized carbons (Fsp3) is 0.500. The molecule has 0 amide bonds. The summed E-state index contributed by atoms with van der Waals surface area (Å²) in [4.78, 5) is 16.0. The molecule has 6 nitrogen and oxygen atoms in total. The Balaban J connectivity index is 1.50. The van der Waals surface area contributed by atoms with Crippen LogP contribution in [0.5, 0.6) is 0 Å². The van der Waals surface area contributed by atoms with Crippen molar-refractivity contribution in [1.82, 2.24) is 14.9 Å². The normalized spacial score (nSPS) is 17.5. The van der Waals surface area contributed by atoms with Crippen molar-refractivity contribution in [2.45, 2.75) is 19.4 Å². The number of hydrogen-bond donors (Lipinski definition) is 1. The van der Waals surface area contributed by atoms with Gasteiger partial charge in [-0.1, -0.05) is 12.1 Å². The molecule has 138 valence electrons. The van der Waals surface area contributed by atoms with Gasteiger partial charge >= 0.3 is 0 Å². The van der Waals surface area contributed by atoms with E-state index in [2.05, 4.69) is 68.3 Å². The Morgan fingerprint density at radius 2 is 2.00 bits per heavy atom. The van der Waals surface area contributed by atoms with Crippen LogP contribution in [0.2, 0.25) is 0 Å². The number of nitrogens with zero attached hydrogens (tertiary/aromatic N) is 5. The fourth-order valence-electron chi connectivity index (χ4n) is 3.82. The quantitative estimate of drug-likeness (QED) is 0.911. The molecule has 0 bridgehead atoms. The second-order valence-electron chi connectivity index (χ2n) is 7.36. The number of fused-ring (bicyclic) bond motifs is 1. The SMILES string of the molecule is CN1CCN(c2cc(CN(C)c3cccc4c3NCCC4)ncn2)CC1. The van der Waals surface area contributed by atoms with Crippen molar-refractivity contribution in [1.29, 1.82) is 0 Å². The summed E-state index contributed by atoms with van der Waals surface area (Å²) in [7, 11) is 4.32. The number of aryl methyl sites for hydroxylation is 1. The van der Waals surface area contributed by atoms with Crippen LogP contribution in [0.1, 0.15) is 17.7 Å². The summed E-state index contributed by atoms with van der Waals surface area (Å²) in [5.41, 5.74) is 5.02. The van der Waals surface area contributed by atoms with Crippen LogP contribution in [0.25, 0.3) is 0 Å². The summed E-state index contributed by atoms with van der Waals surface area (Å²) < 4.78 is 0. The van der Waals surface area contributed by atoms with Gasteiger partial charge in [0, 0.05) is 45.8 Å². The van der Waals surface area contributed by atoms with E-state index in [0.29, 0.717) is 0 Å². The maximum Gasteiger partial charge on any atom is 0.132 e. The van der Waals surface area contributed by atoms with Gasteiger partial charge in [0.15, 0.2) is 0 Å². The second-order valence-corrected chi connectivity index (χ2v) is 7.36. The summed E-state index contributed by atoms with van der Waals surface area (Å²) in [5.74, 6) is 1.05. The van der Waals surface area contributed by atoms with E-state index in [9.17, 15) is 0 Å². The zero-order valence-electron chi connectivity index (χ0n) is 15.8. The lowest BCUT2D eigenvalue weighted by molar-refractivity contribution is 0.312. The standard InChI is InChI=1S/C20H28N6/c1-24-9-11-26(12-10-24)19-13-17(22-15-23-19)14-25(2)18-7-3-5-16-6-4-8-21-20(16)18/h3,5,7,13,15,21H,4,6,8-12,14H2,1-2H3. The summed E-state index contributed by atoms with van der Waals surface area (Å²) in [6, 6.07) is 8.73. The van der Waals surface area contributed by atoms with Crippen LogP contribution in [0.4, 0.5) is 17.2 Å². The first-order valence-electron chi connectivity index (χ1n) is 9.52. The van der Waals surface area contributed by atoms with E-state index in [1.54, 1.807) is 6.33 Å². The molecule has 3 heterocycles. The number of nitrogens with one attached hydrogen (secondary N) is 1. The molecule has 0 unspecified atom stereocenters. The van der Waals surface area contributed by atoms with Crippen LogP contribution < -0.4 is 15.1 Å². The van der Waals surface area contributed by atoms with Crippen molar-refractivity contribution < 1.29 is 0 Å². The highest BCUT2D eigenvalue weighted by Crippen LogP contribution is 2.33. The molecule has 6 heteroatoms. The van der Waals surface area contributed by atoms with E-state index >= 15 is 0 Å². The highest BCUT2D eigenvalue weighted by molar-refractivity contribution is 5.74. The fourth-order valence-corrected chi connectivity index (χ4v) is 3.82. The summed E-state index contributed by atoms with van der Waals surface area (Å²) >= 11 is 0. The third-order valence-corrected chi connectivity index (χ3v) is 5.40.